The summed E-state index contributed by atoms with van der Waals surface area (Å²) in [5, 5.41) is 14.6. The second-order valence-corrected chi connectivity index (χ2v) is 13.5. The third kappa shape index (κ3) is 4.32. The number of rotatable bonds is 8. The Morgan fingerprint density at radius 1 is 1.19 bits per heavy atom. The van der Waals surface area contributed by atoms with Crippen LogP contribution in [0, 0.1) is 39.4 Å². The maximum atomic E-state index is 11.8. The number of allylic oxidation sites excluding steroid dienone is 4. The van der Waals surface area contributed by atoms with E-state index in [1.807, 2.05) is 6.08 Å². The first-order valence-corrected chi connectivity index (χ1v) is 15.0. The minimum absolute atomic E-state index is 0.217. The van der Waals surface area contributed by atoms with Crippen LogP contribution >= 0.6 is 0 Å². The van der Waals surface area contributed by atoms with Crippen molar-refractivity contribution in [2.75, 3.05) is 0 Å². The highest BCUT2D eigenvalue weighted by atomic mass is 16.3. The van der Waals surface area contributed by atoms with Gasteiger partial charge in [0.2, 0.25) is 0 Å². The first kappa shape index (κ1) is 26.1. The summed E-state index contributed by atoms with van der Waals surface area (Å²) in [6, 6.07) is -0.217. The molecule has 5 rings (SSSR count). The summed E-state index contributed by atoms with van der Waals surface area (Å²) in [7, 11) is 0. The van der Waals surface area contributed by atoms with E-state index in [0.717, 1.165) is 80.6 Å². The molecule has 5 aliphatic carbocycles. The summed E-state index contributed by atoms with van der Waals surface area (Å²) < 4.78 is 0. The van der Waals surface area contributed by atoms with Gasteiger partial charge in [-0.05, 0) is 129 Å². The van der Waals surface area contributed by atoms with Crippen LogP contribution in [0.15, 0.2) is 52.8 Å². The maximum Gasteiger partial charge on any atom is 0.117 e. The van der Waals surface area contributed by atoms with Crippen molar-refractivity contribution in [3.05, 3.63) is 52.5 Å². The summed E-state index contributed by atoms with van der Waals surface area (Å²) in [6.45, 7) is 11.3. The van der Waals surface area contributed by atoms with Crippen molar-refractivity contribution in [3.63, 3.8) is 0 Å². The quantitative estimate of drug-likeness (QED) is 0.272. The smallest absolute Gasteiger partial charge is 0.117 e. The molecule has 0 aromatic heterocycles. The standard InChI is InChI=1S/C33H49NO2/c1-5-23-10-7-8-12-26(23)30(34-36)13-9-11-24-15-17-28-27-16-14-25-22-33(35,6-2)21-20-32(25,4)29(27)18-19-31(24,28)3/h5,8,12,14,24,27-30,35H,1,6-7,9-11,13,15-22H2,2-4H3/t24?,27?,28?,29?,30?,31?,32?,33-/m0/s1. The van der Waals surface area contributed by atoms with E-state index < -0.39 is 5.60 Å². The summed E-state index contributed by atoms with van der Waals surface area (Å²) in [5.41, 5.74) is 4.19. The van der Waals surface area contributed by atoms with Crippen molar-refractivity contribution in [1.82, 2.24) is 0 Å². The number of hydrogen-bond acceptors (Lipinski definition) is 3. The van der Waals surface area contributed by atoms with Crippen molar-refractivity contribution >= 4 is 0 Å². The van der Waals surface area contributed by atoms with Gasteiger partial charge in [-0.2, -0.15) is 4.91 Å². The Bertz CT molecular complexity index is 961. The average molecular weight is 492 g/mol. The van der Waals surface area contributed by atoms with Crippen LogP contribution in [0.2, 0.25) is 0 Å². The van der Waals surface area contributed by atoms with Gasteiger partial charge in [0, 0.05) is 0 Å². The maximum absolute atomic E-state index is 11.8. The topological polar surface area (TPSA) is 49.7 Å². The lowest BCUT2D eigenvalue weighted by molar-refractivity contribution is -0.0716. The zero-order valence-electron chi connectivity index (χ0n) is 23.1. The average Bonchev–Trinajstić information content (AvgIpc) is 3.23. The van der Waals surface area contributed by atoms with Crippen LogP contribution in [-0.4, -0.2) is 16.7 Å². The Morgan fingerprint density at radius 3 is 2.78 bits per heavy atom. The number of hydrogen-bond donors (Lipinski definition) is 1. The molecule has 0 bridgehead atoms. The predicted octanol–water partition coefficient (Wildman–Crippen LogP) is 8.84. The van der Waals surface area contributed by atoms with Crippen LogP contribution in [0.4, 0.5) is 0 Å². The van der Waals surface area contributed by atoms with Crippen LogP contribution in [0.5, 0.6) is 0 Å². The molecule has 0 spiro atoms. The molecule has 8 atom stereocenters. The molecule has 0 heterocycles. The predicted molar refractivity (Wildman–Crippen MR) is 149 cm³/mol. The minimum atomic E-state index is -0.468. The monoisotopic (exact) mass is 491 g/mol. The van der Waals surface area contributed by atoms with Crippen molar-refractivity contribution in [1.29, 1.82) is 0 Å². The van der Waals surface area contributed by atoms with E-state index in [0.29, 0.717) is 10.8 Å². The van der Waals surface area contributed by atoms with E-state index in [9.17, 15) is 10.0 Å². The van der Waals surface area contributed by atoms with Gasteiger partial charge in [-0.3, -0.25) is 0 Å². The Kier molecular flexibility index (Phi) is 7.27. The second-order valence-electron chi connectivity index (χ2n) is 13.5. The van der Waals surface area contributed by atoms with Crippen LogP contribution < -0.4 is 0 Å². The number of nitrogens with zero attached hydrogens (tertiary/aromatic N) is 1. The van der Waals surface area contributed by atoms with Crippen molar-refractivity contribution < 1.29 is 5.11 Å². The minimum Gasteiger partial charge on any atom is -0.390 e. The van der Waals surface area contributed by atoms with Gasteiger partial charge in [0.05, 0.1) is 5.60 Å². The zero-order valence-corrected chi connectivity index (χ0v) is 23.1. The molecule has 3 heteroatoms. The van der Waals surface area contributed by atoms with Crippen LogP contribution in [-0.2, 0) is 0 Å². The summed E-state index contributed by atoms with van der Waals surface area (Å²) in [6.07, 6.45) is 24.6. The van der Waals surface area contributed by atoms with Gasteiger partial charge in [-0.1, -0.05) is 68.8 Å². The van der Waals surface area contributed by atoms with Gasteiger partial charge < -0.3 is 5.11 Å². The third-order valence-electron chi connectivity index (χ3n) is 12.1. The first-order valence-electron chi connectivity index (χ1n) is 15.0. The lowest BCUT2D eigenvalue weighted by atomic mass is 9.46. The molecule has 0 amide bonds. The van der Waals surface area contributed by atoms with E-state index >= 15 is 0 Å². The number of aliphatic hydroxyl groups is 1. The highest BCUT2D eigenvalue weighted by Crippen LogP contribution is 2.67. The van der Waals surface area contributed by atoms with Crippen LogP contribution in [0.25, 0.3) is 0 Å². The lowest BCUT2D eigenvalue weighted by Crippen LogP contribution is -2.52. The van der Waals surface area contributed by atoms with Crippen LogP contribution in [0.1, 0.15) is 111 Å². The van der Waals surface area contributed by atoms with Crippen LogP contribution in [0.3, 0.4) is 0 Å². The molecule has 3 fully saturated rings. The van der Waals surface area contributed by atoms with E-state index in [4.69, 9.17) is 0 Å². The molecule has 0 radical (unpaired) electrons. The lowest BCUT2D eigenvalue weighted by Gasteiger charge is -2.59. The molecular weight excluding hydrogens is 442 g/mol. The molecule has 0 aliphatic heterocycles. The molecule has 3 nitrogen and oxygen atoms in total. The van der Waals surface area contributed by atoms with Crippen molar-refractivity contribution in [2.45, 2.75) is 122 Å². The molecule has 198 valence electrons. The SMILES string of the molecule is C=CC1=C(C(CCCC2CCC3C4CC=C5C[C@](O)(CC)CCC5(C)C4CCC23C)N=O)C=CCC1. The van der Waals surface area contributed by atoms with E-state index in [1.54, 1.807) is 5.57 Å². The molecule has 0 aromatic carbocycles. The van der Waals surface area contributed by atoms with E-state index in [1.165, 1.54) is 44.1 Å². The Hall–Kier alpha value is -1.48. The van der Waals surface area contributed by atoms with Crippen molar-refractivity contribution in [3.8, 4) is 0 Å². The Balaban J connectivity index is 1.25. The molecule has 0 saturated heterocycles. The molecule has 0 aromatic rings. The Labute approximate surface area is 219 Å². The number of nitroso groups, excluding NO2 is 1. The molecule has 3 saturated carbocycles. The third-order valence-corrected chi connectivity index (χ3v) is 12.1. The van der Waals surface area contributed by atoms with Gasteiger partial charge in [-0.25, -0.2) is 0 Å². The highest BCUT2D eigenvalue weighted by Gasteiger charge is 2.59. The fourth-order valence-corrected chi connectivity index (χ4v) is 9.67. The summed E-state index contributed by atoms with van der Waals surface area (Å²) >= 11 is 0. The first-order chi connectivity index (χ1) is 17.3. The van der Waals surface area contributed by atoms with Gasteiger partial charge in [-0.15, -0.1) is 0 Å². The summed E-state index contributed by atoms with van der Waals surface area (Å²) in [5.74, 6) is 3.22. The van der Waals surface area contributed by atoms with Gasteiger partial charge in [0.25, 0.3) is 0 Å². The largest absolute Gasteiger partial charge is 0.390 e. The molecule has 7 unspecified atom stereocenters. The number of fused-ring (bicyclic) bond motifs is 5. The molecule has 1 N–H and O–H groups in total. The van der Waals surface area contributed by atoms with Crippen molar-refractivity contribution in [2.24, 2.45) is 39.7 Å². The normalized spacial score (nSPS) is 42.7. The Morgan fingerprint density at radius 2 is 2.03 bits per heavy atom. The van der Waals surface area contributed by atoms with E-state index in [-0.39, 0.29) is 6.04 Å². The molecule has 36 heavy (non-hydrogen) atoms. The summed E-state index contributed by atoms with van der Waals surface area (Å²) in [4.78, 5) is 11.8. The van der Waals surface area contributed by atoms with Gasteiger partial charge in [0.1, 0.15) is 6.04 Å². The fraction of sp³-hybridized carbons (Fsp3) is 0.758. The molecule has 5 aliphatic rings. The van der Waals surface area contributed by atoms with Gasteiger partial charge >= 0.3 is 0 Å². The fourth-order valence-electron chi connectivity index (χ4n) is 9.67. The highest BCUT2D eigenvalue weighted by molar-refractivity contribution is 5.39. The molecular formula is C33H49NO2. The second kappa shape index (κ2) is 10.0. The van der Waals surface area contributed by atoms with Gasteiger partial charge in [0.15, 0.2) is 0 Å². The zero-order chi connectivity index (χ0) is 25.6. The van der Waals surface area contributed by atoms with E-state index in [2.05, 4.69) is 50.8 Å².